The van der Waals surface area contributed by atoms with Crippen LogP contribution in [0.3, 0.4) is 0 Å². The molecule has 0 amide bonds. The summed E-state index contributed by atoms with van der Waals surface area (Å²) in [5.41, 5.74) is 9.86. The van der Waals surface area contributed by atoms with Crippen LogP contribution < -0.4 is 5.73 Å². The van der Waals surface area contributed by atoms with Crippen LogP contribution in [0, 0.1) is 6.92 Å². The Morgan fingerprint density at radius 2 is 2.00 bits per heavy atom. The molecule has 0 aromatic heterocycles. The van der Waals surface area contributed by atoms with Crippen LogP contribution in [0.5, 0.6) is 0 Å². The first-order chi connectivity index (χ1) is 6.16. The molecule has 1 aromatic rings. The van der Waals surface area contributed by atoms with Crippen LogP contribution in [-0.4, -0.2) is 6.54 Å². The Morgan fingerprint density at radius 3 is 2.54 bits per heavy atom. The fourth-order valence-corrected chi connectivity index (χ4v) is 1.94. The number of aryl methyl sites for hydroxylation is 1. The summed E-state index contributed by atoms with van der Waals surface area (Å²) in [7, 11) is 0. The average Bonchev–Trinajstić information content (AvgIpc) is 2.04. The quantitative estimate of drug-likeness (QED) is 0.754. The first-order valence-electron chi connectivity index (χ1n) is 4.95. The highest BCUT2D eigenvalue weighted by Gasteiger charge is 2.07. The van der Waals surface area contributed by atoms with Crippen molar-refractivity contribution in [1.82, 2.24) is 0 Å². The minimum atomic E-state index is 0.600. The molecule has 0 fully saturated rings. The molecular formula is C12H19N. The Balaban J connectivity index is 3.10. The molecule has 0 saturated heterocycles. The van der Waals surface area contributed by atoms with E-state index in [1.165, 1.54) is 16.7 Å². The van der Waals surface area contributed by atoms with Gasteiger partial charge in [0.1, 0.15) is 0 Å². The lowest BCUT2D eigenvalue weighted by Gasteiger charge is -2.15. The molecule has 1 nitrogen and oxygen atoms in total. The SMILES string of the molecule is Cc1cccc(CCN)c1C(C)C. The largest absolute Gasteiger partial charge is 0.330 e. The fraction of sp³-hybridized carbons (Fsp3) is 0.500. The minimum absolute atomic E-state index is 0.600. The lowest BCUT2D eigenvalue weighted by atomic mass is 9.91. The van der Waals surface area contributed by atoms with Crippen molar-refractivity contribution in [2.24, 2.45) is 5.73 Å². The van der Waals surface area contributed by atoms with E-state index in [1.807, 2.05) is 0 Å². The van der Waals surface area contributed by atoms with Crippen molar-refractivity contribution in [2.45, 2.75) is 33.1 Å². The predicted octanol–water partition coefficient (Wildman–Crippen LogP) is 2.62. The van der Waals surface area contributed by atoms with Gasteiger partial charge >= 0.3 is 0 Å². The maximum atomic E-state index is 5.58. The molecule has 0 unspecified atom stereocenters. The number of hydrogen-bond donors (Lipinski definition) is 1. The molecule has 2 N–H and O–H groups in total. The first-order valence-corrected chi connectivity index (χ1v) is 4.95. The van der Waals surface area contributed by atoms with E-state index in [9.17, 15) is 0 Å². The van der Waals surface area contributed by atoms with Gasteiger partial charge in [0.25, 0.3) is 0 Å². The normalized spacial score (nSPS) is 10.8. The summed E-state index contributed by atoms with van der Waals surface area (Å²) in [6, 6.07) is 6.48. The second-order valence-electron chi connectivity index (χ2n) is 3.84. The molecular weight excluding hydrogens is 158 g/mol. The maximum absolute atomic E-state index is 5.58. The predicted molar refractivity (Wildman–Crippen MR) is 58.0 cm³/mol. The van der Waals surface area contributed by atoms with Crippen molar-refractivity contribution in [2.75, 3.05) is 6.54 Å². The van der Waals surface area contributed by atoms with Gasteiger partial charge in [0.2, 0.25) is 0 Å². The Hall–Kier alpha value is -0.820. The van der Waals surface area contributed by atoms with E-state index in [1.54, 1.807) is 0 Å². The topological polar surface area (TPSA) is 26.0 Å². The van der Waals surface area contributed by atoms with Gasteiger partial charge in [0.05, 0.1) is 0 Å². The summed E-state index contributed by atoms with van der Waals surface area (Å²) in [5.74, 6) is 0.600. The highest BCUT2D eigenvalue weighted by Crippen LogP contribution is 2.23. The number of hydrogen-bond acceptors (Lipinski definition) is 1. The molecule has 0 atom stereocenters. The molecule has 1 rings (SSSR count). The highest BCUT2D eigenvalue weighted by molar-refractivity contribution is 5.36. The highest BCUT2D eigenvalue weighted by atomic mass is 14.5. The third-order valence-electron chi connectivity index (χ3n) is 2.41. The van der Waals surface area contributed by atoms with Crippen LogP contribution >= 0.6 is 0 Å². The van der Waals surface area contributed by atoms with E-state index in [-0.39, 0.29) is 0 Å². The monoisotopic (exact) mass is 177 g/mol. The summed E-state index contributed by atoms with van der Waals surface area (Å²) < 4.78 is 0. The summed E-state index contributed by atoms with van der Waals surface area (Å²) >= 11 is 0. The van der Waals surface area contributed by atoms with E-state index in [0.29, 0.717) is 5.92 Å². The Morgan fingerprint density at radius 1 is 1.31 bits per heavy atom. The van der Waals surface area contributed by atoms with Crippen LogP contribution in [0.1, 0.15) is 36.5 Å². The number of rotatable bonds is 3. The van der Waals surface area contributed by atoms with Crippen LogP contribution in [0.2, 0.25) is 0 Å². The van der Waals surface area contributed by atoms with Crippen LogP contribution in [0.15, 0.2) is 18.2 Å². The van der Waals surface area contributed by atoms with Crippen molar-refractivity contribution < 1.29 is 0 Å². The van der Waals surface area contributed by atoms with Crippen molar-refractivity contribution in [1.29, 1.82) is 0 Å². The summed E-state index contributed by atoms with van der Waals surface area (Å²) in [6.45, 7) is 7.39. The van der Waals surface area contributed by atoms with Gasteiger partial charge in [-0.1, -0.05) is 32.0 Å². The van der Waals surface area contributed by atoms with Gasteiger partial charge in [-0.05, 0) is 42.5 Å². The van der Waals surface area contributed by atoms with Crippen LogP contribution in [-0.2, 0) is 6.42 Å². The zero-order valence-corrected chi connectivity index (χ0v) is 8.80. The third-order valence-corrected chi connectivity index (χ3v) is 2.41. The molecule has 0 aliphatic heterocycles. The van der Waals surface area contributed by atoms with Gasteiger partial charge in [-0.15, -0.1) is 0 Å². The van der Waals surface area contributed by atoms with E-state index < -0.39 is 0 Å². The zero-order valence-electron chi connectivity index (χ0n) is 8.80. The van der Waals surface area contributed by atoms with E-state index in [2.05, 4.69) is 39.0 Å². The average molecular weight is 177 g/mol. The number of nitrogens with two attached hydrogens (primary N) is 1. The summed E-state index contributed by atoms with van der Waals surface area (Å²) in [4.78, 5) is 0. The Labute approximate surface area is 81.0 Å². The second-order valence-corrected chi connectivity index (χ2v) is 3.84. The molecule has 0 saturated carbocycles. The molecule has 13 heavy (non-hydrogen) atoms. The van der Waals surface area contributed by atoms with Gasteiger partial charge in [0, 0.05) is 0 Å². The molecule has 1 heteroatoms. The van der Waals surface area contributed by atoms with Gasteiger partial charge in [-0.25, -0.2) is 0 Å². The molecule has 0 aliphatic carbocycles. The maximum Gasteiger partial charge on any atom is -0.00366 e. The lowest BCUT2D eigenvalue weighted by Crippen LogP contribution is -2.07. The Bertz CT molecular complexity index is 276. The van der Waals surface area contributed by atoms with E-state index in [0.717, 1.165) is 13.0 Å². The molecule has 0 aliphatic rings. The standard InChI is InChI=1S/C12H19N/c1-9(2)12-10(3)5-4-6-11(12)7-8-13/h4-6,9H,7-8,13H2,1-3H3. The molecule has 72 valence electrons. The molecule has 0 radical (unpaired) electrons. The summed E-state index contributed by atoms with van der Waals surface area (Å²) in [6.07, 6.45) is 0.995. The Kier molecular flexibility index (Phi) is 3.49. The van der Waals surface area contributed by atoms with E-state index >= 15 is 0 Å². The molecule has 0 heterocycles. The zero-order chi connectivity index (χ0) is 9.84. The minimum Gasteiger partial charge on any atom is -0.330 e. The van der Waals surface area contributed by atoms with E-state index in [4.69, 9.17) is 5.73 Å². The van der Waals surface area contributed by atoms with Crippen LogP contribution in [0.25, 0.3) is 0 Å². The third kappa shape index (κ3) is 2.31. The van der Waals surface area contributed by atoms with Gasteiger partial charge < -0.3 is 5.73 Å². The van der Waals surface area contributed by atoms with Gasteiger partial charge in [-0.3, -0.25) is 0 Å². The second kappa shape index (κ2) is 4.43. The molecule has 0 spiro atoms. The van der Waals surface area contributed by atoms with Crippen molar-refractivity contribution in [3.8, 4) is 0 Å². The number of benzene rings is 1. The first kappa shape index (κ1) is 10.3. The van der Waals surface area contributed by atoms with Crippen molar-refractivity contribution in [3.63, 3.8) is 0 Å². The van der Waals surface area contributed by atoms with Gasteiger partial charge in [0.15, 0.2) is 0 Å². The lowest BCUT2D eigenvalue weighted by molar-refractivity contribution is 0.822. The van der Waals surface area contributed by atoms with Crippen molar-refractivity contribution in [3.05, 3.63) is 34.9 Å². The molecule has 1 aromatic carbocycles. The molecule has 0 bridgehead atoms. The fourth-order valence-electron chi connectivity index (χ4n) is 1.94. The summed E-state index contributed by atoms with van der Waals surface area (Å²) in [5, 5.41) is 0. The van der Waals surface area contributed by atoms with Crippen molar-refractivity contribution >= 4 is 0 Å². The van der Waals surface area contributed by atoms with Gasteiger partial charge in [-0.2, -0.15) is 0 Å². The smallest absolute Gasteiger partial charge is 0.00366 e. The van der Waals surface area contributed by atoms with Crippen LogP contribution in [0.4, 0.5) is 0 Å².